The molecule has 1 aliphatic heterocycles. The summed E-state index contributed by atoms with van der Waals surface area (Å²) < 4.78 is 43.9. The summed E-state index contributed by atoms with van der Waals surface area (Å²) in [7, 11) is -2.71. The molecule has 2 aromatic heterocycles. The van der Waals surface area contributed by atoms with E-state index in [0.717, 1.165) is 18.9 Å². The van der Waals surface area contributed by atoms with Gasteiger partial charge in [0, 0.05) is 30.7 Å². The number of pyridine rings is 2. The van der Waals surface area contributed by atoms with Gasteiger partial charge in [-0.25, -0.2) is 14.2 Å². The zero-order chi connectivity index (χ0) is 24.1. The Kier molecular flexibility index (Phi) is 5.86. The van der Waals surface area contributed by atoms with E-state index in [9.17, 15) is 18.0 Å². The van der Waals surface area contributed by atoms with Crippen LogP contribution in [0.4, 0.5) is 10.2 Å². The van der Waals surface area contributed by atoms with Crippen molar-refractivity contribution in [2.75, 3.05) is 31.4 Å². The van der Waals surface area contributed by atoms with Gasteiger partial charge in [0.1, 0.15) is 18.3 Å². The smallest absolute Gasteiger partial charge is 0.359 e. The second-order valence-corrected chi connectivity index (χ2v) is 9.94. The zero-order valence-electron chi connectivity index (χ0n) is 18.3. The number of carbonyl (C=O) groups is 1. The molecule has 11 nitrogen and oxygen atoms in total. The largest absolute Gasteiger partial charge is 0.399 e. The van der Waals surface area contributed by atoms with E-state index in [1.54, 1.807) is 9.47 Å². The number of anilines is 1. The predicted octanol–water partition coefficient (Wildman–Crippen LogP) is 0.773. The highest BCUT2D eigenvalue weighted by Gasteiger charge is 2.35. The summed E-state index contributed by atoms with van der Waals surface area (Å²) >= 11 is 0. The quantitative estimate of drug-likeness (QED) is 0.467. The number of rotatable bonds is 6. The zero-order valence-corrected chi connectivity index (χ0v) is 19.1. The summed E-state index contributed by atoms with van der Waals surface area (Å²) in [5.74, 6) is -2.23. The Morgan fingerprint density at radius 2 is 2.09 bits per heavy atom. The van der Waals surface area contributed by atoms with Crippen LogP contribution in [0, 0.1) is 11.7 Å². The summed E-state index contributed by atoms with van der Waals surface area (Å²) in [6, 6.07) is 0.716. The summed E-state index contributed by atoms with van der Waals surface area (Å²) in [5, 5.41) is 3.87. The van der Waals surface area contributed by atoms with E-state index in [-0.39, 0.29) is 41.4 Å². The molecule has 2 fully saturated rings. The number of fused-ring (bicyclic) bond motifs is 1. The van der Waals surface area contributed by atoms with Crippen LogP contribution in [-0.2, 0) is 19.1 Å². The third-order valence-electron chi connectivity index (χ3n) is 5.67. The minimum Gasteiger partial charge on any atom is -0.399 e. The Hall–Kier alpha value is -3.06. The monoisotopic (exact) mass is 481 g/mol. The Bertz CT molecular complexity index is 1320. The molecular weight excluding hydrogens is 457 g/mol. The van der Waals surface area contributed by atoms with Crippen LogP contribution < -0.4 is 16.1 Å². The molecule has 0 radical (unpaired) electrons. The van der Waals surface area contributed by atoms with Crippen LogP contribution >= 0.6 is 0 Å². The van der Waals surface area contributed by atoms with Gasteiger partial charge in [-0.05, 0) is 25.8 Å². The molecule has 2 aromatic rings. The van der Waals surface area contributed by atoms with Crippen molar-refractivity contribution in [3.63, 3.8) is 0 Å². The maximum atomic E-state index is 15.2. The van der Waals surface area contributed by atoms with Gasteiger partial charge in [0.15, 0.2) is 11.6 Å². The van der Waals surface area contributed by atoms with Crippen molar-refractivity contribution in [2.24, 2.45) is 16.8 Å². The lowest BCUT2D eigenvalue weighted by atomic mass is 10.00. The average molecular weight is 482 g/mol. The lowest BCUT2D eigenvalue weighted by molar-refractivity contribution is 0.0746. The highest BCUT2D eigenvalue weighted by molar-refractivity contribution is 7.86. The molecule has 2 atom stereocenters. The molecule has 0 bridgehead atoms. The van der Waals surface area contributed by atoms with Gasteiger partial charge in [-0.1, -0.05) is 5.16 Å². The van der Waals surface area contributed by atoms with E-state index >= 15 is 4.39 Å². The van der Waals surface area contributed by atoms with Crippen LogP contribution in [0.3, 0.4) is 0 Å². The van der Waals surface area contributed by atoms with Crippen molar-refractivity contribution in [3.8, 4) is 0 Å². The van der Waals surface area contributed by atoms with Crippen LogP contribution in [0.2, 0.25) is 0 Å². The number of nitrogens with two attached hydrogens (primary N) is 1. The fourth-order valence-corrected chi connectivity index (χ4v) is 4.35. The third-order valence-corrected chi connectivity index (χ3v) is 6.12. The first-order chi connectivity index (χ1) is 15.5. The first-order valence-electron chi connectivity index (χ1n) is 10.3. The van der Waals surface area contributed by atoms with Crippen molar-refractivity contribution in [2.45, 2.75) is 31.8 Å². The highest BCUT2D eigenvalue weighted by Crippen LogP contribution is 2.37. The van der Waals surface area contributed by atoms with E-state index in [1.807, 2.05) is 6.92 Å². The first-order valence-corrected chi connectivity index (χ1v) is 12.1. The highest BCUT2D eigenvalue weighted by atomic mass is 32.2. The molecule has 3 heterocycles. The van der Waals surface area contributed by atoms with Gasteiger partial charge < -0.3 is 24.2 Å². The standard InChI is InChI=1S/C20H24FN5O6S/c1-10(22)13-7-25(9-16(13)24-31-2)19-15(21)6-12-17(27)14(20(28)32-33(3,29)30)8-26(11-4-5-11)18(12)23-19/h6,8,10-11,13H,4-5,7,9,22H2,1-3H3/b24-16+. The van der Waals surface area contributed by atoms with Crippen molar-refractivity contribution in [1.82, 2.24) is 9.55 Å². The van der Waals surface area contributed by atoms with E-state index < -0.39 is 32.9 Å². The topological polar surface area (TPSA) is 146 Å². The third kappa shape index (κ3) is 4.55. The van der Waals surface area contributed by atoms with Crippen LogP contribution in [0.15, 0.2) is 22.2 Å². The second kappa shape index (κ2) is 8.37. The second-order valence-electron chi connectivity index (χ2n) is 8.36. The maximum absolute atomic E-state index is 15.2. The van der Waals surface area contributed by atoms with Crippen LogP contribution in [0.25, 0.3) is 11.0 Å². The van der Waals surface area contributed by atoms with Gasteiger partial charge in [0.2, 0.25) is 5.43 Å². The molecule has 2 aliphatic rings. The van der Waals surface area contributed by atoms with E-state index in [0.29, 0.717) is 18.5 Å². The molecule has 33 heavy (non-hydrogen) atoms. The minimum absolute atomic E-state index is 0.0229. The number of hydrogen-bond acceptors (Lipinski definition) is 10. The van der Waals surface area contributed by atoms with Crippen LogP contribution in [0.5, 0.6) is 0 Å². The number of nitrogens with zero attached hydrogens (tertiary/aromatic N) is 4. The number of hydrogen-bond donors (Lipinski definition) is 1. The molecule has 4 rings (SSSR count). The number of carbonyl (C=O) groups excluding carboxylic acids is 1. The average Bonchev–Trinajstić information content (AvgIpc) is 3.46. The van der Waals surface area contributed by atoms with Crippen LogP contribution in [-0.4, -0.2) is 62.1 Å². The molecule has 1 saturated carbocycles. The van der Waals surface area contributed by atoms with E-state index in [2.05, 4.69) is 14.3 Å². The molecule has 178 valence electrons. The summed E-state index contributed by atoms with van der Waals surface area (Å²) in [6.45, 7) is 2.44. The Morgan fingerprint density at radius 1 is 1.39 bits per heavy atom. The van der Waals surface area contributed by atoms with Gasteiger partial charge in [0.05, 0.1) is 23.9 Å². The molecular formula is C20H24FN5O6S. The van der Waals surface area contributed by atoms with Gasteiger partial charge in [-0.2, -0.15) is 8.42 Å². The summed E-state index contributed by atoms with van der Waals surface area (Å²) in [5.41, 5.74) is 5.56. The normalized spacial score (nSPS) is 20.9. The minimum atomic E-state index is -4.13. The maximum Gasteiger partial charge on any atom is 0.359 e. The fraction of sp³-hybridized carbons (Fsp3) is 0.500. The molecule has 1 saturated heterocycles. The molecule has 2 N–H and O–H groups in total. The first kappa shape index (κ1) is 23.1. The van der Waals surface area contributed by atoms with Crippen molar-refractivity contribution in [3.05, 3.63) is 33.9 Å². The molecule has 2 unspecified atom stereocenters. The van der Waals surface area contributed by atoms with E-state index in [4.69, 9.17) is 10.6 Å². The van der Waals surface area contributed by atoms with Crippen molar-refractivity contribution < 1.29 is 26.6 Å². The van der Waals surface area contributed by atoms with Gasteiger partial charge in [0.25, 0.3) is 0 Å². The Morgan fingerprint density at radius 3 is 2.67 bits per heavy atom. The van der Waals surface area contributed by atoms with E-state index in [1.165, 1.54) is 13.3 Å². The van der Waals surface area contributed by atoms with Crippen molar-refractivity contribution >= 4 is 38.7 Å². The Balaban J connectivity index is 1.83. The van der Waals surface area contributed by atoms with Crippen LogP contribution in [0.1, 0.15) is 36.2 Å². The molecule has 0 aromatic carbocycles. The fourth-order valence-electron chi connectivity index (χ4n) is 3.98. The lowest BCUT2D eigenvalue weighted by Crippen LogP contribution is -2.33. The summed E-state index contributed by atoms with van der Waals surface area (Å²) in [6.07, 6.45) is 3.48. The van der Waals surface area contributed by atoms with Gasteiger partial charge in [-0.3, -0.25) is 4.79 Å². The molecule has 1 aliphatic carbocycles. The summed E-state index contributed by atoms with van der Waals surface area (Å²) in [4.78, 5) is 36.3. The number of halogens is 1. The SMILES string of the molecule is CO/N=C1\CN(c2nc3c(cc2F)c(=O)c(C(=O)OS(C)(=O)=O)cn3C2CC2)CC1C(C)N. The van der Waals surface area contributed by atoms with Gasteiger partial charge in [-0.15, -0.1) is 0 Å². The molecule has 13 heteroatoms. The molecule has 0 amide bonds. The Labute approximate surface area is 189 Å². The number of oxime groups is 1. The number of aromatic nitrogens is 2. The van der Waals surface area contributed by atoms with Gasteiger partial charge >= 0.3 is 16.1 Å². The molecule has 0 spiro atoms. The predicted molar refractivity (Wildman–Crippen MR) is 118 cm³/mol. The lowest BCUT2D eigenvalue weighted by Gasteiger charge is -2.20. The van der Waals surface area contributed by atoms with Crippen molar-refractivity contribution in [1.29, 1.82) is 0 Å².